The molecule has 0 radical (unpaired) electrons. The van der Waals surface area contributed by atoms with Crippen LogP contribution in [0.2, 0.25) is 0 Å². The maximum atomic E-state index is 11.8. The lowest BCUT2D eigenvalue weighted by molar-refractivity contribution is -0.136. The van der Waals surface area contributed by atoms with Crippen LogP contribution in [0.5, 0.6) is 0 Å². The second-order valence-electron chi connectivity index (χ2n) is 4.39. The quantitative estimate of drug-likeness (QED) is 0.568. The molecule has 1 fully saturated rings. The summed E-state index contributed by atoms with van der Waals surface area (Å²) in [7, 11) is -3.37. The molecule has 8 heteroatoms. The van der Waals surface area contributed by atoms with Crippen LogP contribution in [0.4, 0.5) is 0 Å². The highest BCUT2D eigenvalue weighted by molar-refractivity contribution is 7.87. The van der Waals surface area contributed by atoms with Crippen LogP contribution in [-0.4, -0.2) is 56.5 Å². The fraction of sp³-hybridized carbons (Fsp3) is 0.900. The fourth-order valence-electron chi connectivity index (χ4n) is 2.07. The minimum absolute atomic E-state index is 0.0868. The van der Waals surface area contributed by atoms with Crippen molar-refractivity contribution in [3.05, 3.63) is 0 Å². The van der Waals surface area contributed by atoms with Crippen LogP contribution in [0.15, 0.2) is 0 Å². The number of hydrogen-bond acceptors (Lipinski definition) is 4. The van der Waals surface area contributed by atoms with E-state index in [1.54, 1.807) is 6.92 Å². The number of aliphatic carboxylic acids is 1. The van der Waals surface area contributed by atoms with Crippen molar-refractivity contribution >= 4 is 16.2 Å². The SMILES string of the molecule is CCNS(=O)(=O)N1CCCC(CNCC(=O)O)C1. The monoisotopic (exact) mass is 279 g/mol. The van der Waals surface area contributed by atoms with Gasteiger partial charge in [-0.25, -0.2) is 4.72 Å². The van der Waals surface area contributed by atoms with Crippen molar-refractivity contribution in [2.45, 2.75) is 19.8 Å². The van der Waals surface area contributed by atoms with E-state index in [2.05, 4.69) is 10.0 Å². The second kappa shape index (κ2) is 7.03. The van der Waals surface area contributed by atoms with Crippen LogP contribution in [0.25, 0.3) is 0 Å². The Morgan fingerprint density at radius 1 is 1.50 bits per heavy atom. The van der Waals surface area contributed by atoms with Gasteiger partial charge >= 0.3 is 5.97 Å². The van der Waals surface area contributed by atoms with Gasteiger partial charge in [-0.1, -0.05) is 6.92 Å². The predicted octanol–water partition coefficient (Wildman–Crippen LogP) is -0.773. The maximum absolute atomic E-state index is 11.8. The summed E-state index contributed by atoms with van der Waals surface area (Å²) in [6.45, 7) is 3.54. The van der Waals surface area contributed by atoms with Crippen molar-refractivity contribution in [2.75, 3.05) is 32.7 Å². The summed E-state index contributed by atoms with van der Waals surface area (Å²) in [5, 5.41) is 11.3. The fourth-order valence-corrected chi connectivity index (χ4v) is 3.39. The molecule has 1 unspecified atom stereocenters. The minimum Gasteiger partial charge on any atom is -0.480 e. The Morgan fingerprint density at radius 3 is 2.83 bits per heavy atom. The van der Waals surface area contributed by atoms with Gasteiger partial charge in [0.25, 0.3) is 10.2 Å². The van der Waals surface area contributed by atoms with Gasteiger partial charge in [-0.3, -0.25) is 4.79 Å². The van der Waals surface area contributed by atoms with E-state index in [1.807, 2.05) is 0 Å². The molecule has 0 amide bonds. The van der Waals surface area contributed by atoms with Crippen molar-refractivity contribution in [1.29, 1.82) is 0 Å². The molecule has 0 aromatic heterocycles. The Balaban J connectivity index is 2.43. The minimum atomic E-state index is -3.37. The lowest BCUT2D eigenvalue weighted by atomic mass is 10.00. The molecule has 1 aliphatic rings. The Kier molecular flexibility index (Phi) is 6.00. The lowest BCUT2D eigenvalue weighted by Crippen LogP contribution is -2.47. The highest BCUT2D eigenvalue weighted by atomic mass is 32.2. The molecule has 1 saturated heterocycles. The molecule has 1 rings (SSSR count). The number of carboxylic acids is 1. The highest BCUT2D eigenvalue weighted by Gasteiger charge is 2.27. The van der Waals surface area contributed by atoms with E-state index in [-0.39, 0.29) is 12.5 Å². The summed E-state index contributed by atoms with van der Waals surface area (Å²) < 4.78 is 27.5. The Morgan fingerprint density at radius 2 is 2.22 bits per heavy atom. The number of piperidine rings is 1. The molecule has 106 valence electrons. The number of nitrogens with zero attached hydrogens (tertiary/aromatic N) is 1. The zero-order valence-corrected chi connectivity index (χ0v) is 11.4. The summed E-state index contributed by atoms with van der Waals surface area (Å²) in [4.78, 5) is 10.4. The number of carboxylic acid groups (broad SMARTS) is 1. The lowest BCUT2D eigenvalue weighted by Gasteiger charge is -2.31. The van der Waals surface area contributed by atoms with Crippen LogP contribution >= 0.6 is 0 Å². The van der Waals surface area contributed by atoms with Crippen LogP contribution in [-0.2, 0) is 15.0 Å². The molecule has 0 spiro atoms. The molecule has 0 aliphatic carbocycles. The Labute approximate surface area is 108 Å². The van der Waals surface area contributed by atoms with E-state index in [0.29, 0.717) is 26.2 Å². The van der Waals surface area contributed by atoms with E-state index in [1.165, 1.54) is 4.31 Å². The Bertz CT molecular complexity index is 371. The largest absolute Gasteiger partial charge is 0.480 e. The van der Waals surface area contributed by atoms with Gasteiger partial charge in [0.15, 0.2) is 0 Å². The van der Waals surface area contributed by atoms with E-state index >= 15 is 0 Å². The van der Waals surface area contributed by atoms with E-state index in [4.69, 9.17) is 5.11 Å². The van der Waals surface area contributed by atoms with Crippen molar-refractivity contribution in [3.63, 3.8) is 0 Å². The van der Waals surface area contributed by atoms with Crippen LogP contribution in [0, 0.1) is 5.92 Å². The predicted molar refractivity (Wildman–Crippen MR) is 67.4 cm³/mol. The zero-order valence-electron chi connectivity index (χ0n) is 10.6. The van der Waals surface area contributed by atoms with Crippen molar-refractivity contribution in [2.24, 2.45) is 5.92 Å². The molecule has 0 bridgehead atoms. The topological polar surface area (TPSA) is 98.7 Å². The molecular weight excluding hydrogens is 258 g/mol. The van der Waals surface area contributed by atoms with Crippen molar-refractivity contribution in [3.8, 4) is 0 Å². The molecule has 3 N–H and O–H groups in total. The van der Waals surface area contributed by atoms with Gasteiger partial charge in [0, 0.05) is 19.6 Å². The second-order valence-corrected chi connectivity index (χ2v) is 6.15. The maximum Gasteiger partial charge on any atom is 0.317 e. The van der Waals surface area contributed by atoms with Gasteiger partial charge in [0.2, 0.25) is 0 Å². The normalized spacial score (nSPS) is 21.9. The highest BCUT2D eigenvalue weighted by Crippen LogP contribution is 2.17. The third-order valence-corrected chi connectivity index (χ3v) is 4.52. The molecule has 0 saturated carbocycles. The first-order valence-electron chi connectivity index (χ1n) is 6.13. The van der Waals surface area contributed by atoms with Crippen molar-refractivity contribution in [1.82, 2.24) is 14.3 Å². The summed E-state index contributed by atoms with van der Waals surface area (Å²) in [5.41, 5.74) is 0. The summed E-state index contributed by atoms with van der Waals surface area (Å²) in [6.07, 6.45) is 1.73. The van der Waals surface area contributed by atoms with Gasteiger partial charge in [-0.2, -0.15) is 12.7 Å². The first-order valence-corrected chi connectivity index (χ1v) is 7.57. The van der Waals surface area contributed by atoms with Gasteiger partial charge in [0.1, 0.15) is 0 Å². The smallest absolute Gasteiger partial charge is 0.317 e. The van der Waals surface area contributed by atoms with Gasteiger partial charge in [-0.15, -0.1) is 0 Å². The van der Waals surface area contributed by atoms with Crippen molar-refractivity contribution < 1.29 is 18.3 Å². The van der Waals surface area contributed by atoms with Crippen LogP contribution < -0.4 is 10.0 Å². The first kappa shape index (κ1) is 15.4. The van der Waals surface area contributed by atoms with E-state index in [0.717, 1.165) is 12.8 Å². The number of carbonyl (C=O) groups is 1. The molecule has 0 aromatic rings. The molecule has 1 heterocycles. The summed E-state index contributed by atoms with van der Waals surface area (Å²) in [6, 6.07) is 0. The molecule has 0 aromatic carbocycles. The molecular formula is C10H21N3O4S. The molecule has 1 aliphatic heterocycles. The number of nitrogens with one attached hydrogen (secondary N) is 2. The van der Waals surface area contributed by atoms with Crippen LogP contribution in [0.3, 0.4) is 0 Å². The van der Waals surface area contributed by atoms with Gasteiger partial charge in [0.05, 0.1) is 6.54 Å². The average molecular weight is 279 g/mol. The van der Waals surface area contributed by atoms with E-state index < -0.39 is 16.2 Å². The number of hydrogen-bond donors (Lipinski definition) is 3. The third-order valence-electron chi connectivity index (χ3n) is 2.86. The molecule has 1 atom stereocenters. The zero-order chi connectivity index (χ0) is 13.6. The standard InChI is InChI=1S/C10H21N3O4S/c1-2-12-18(16,17)13-5-3-4-9(8-13)6-11-7-10(14)15/h9,11-12H,2-8H2,1H3,(H,14,15). The summed E-state index contributed by atoms with van der Waals surface area (Å²) >= 11 is 0. The average Bonchev–Trinajstić information content (AvgIpc) is 2.29. The van der Waals surface area contributed by atoms with E-state index in [9.17, 15) is 13.2 Å². The first-order chi connectivity index (χ1) is 8.45. The van der Waals surface area contributed by atoms with Gasteiger partial charge < -0.3 is 10.4 Å². The molecule has 18 heavy (non-hydrogen) atoms. The molecule has 7 nitrogen and oxygen atoms in total. The van der Waals surface area contributed by atoms with Crippen LogP contribution in [0.1, 0.15) is 19.8 Å². The number of rotatable bonds is 7. The third kappa shape index (κ3) is 4.89. The Hall–Kier alpha value is -0.700. The summed E-state index contributed by atoms with van der Waals surface area (Å²) in [5.74, 6) is -0.727. The van der Waals surface area contributed by atoms with Gasteiger partial charge in [-0.05, 0) is 25.3 Å².